The quantitative estimate of drug-likeness (QED) is 0.703. The van der Waals surface area contributed by atoms with E-state index < -0.39 is 10.0 Å². The fourth-order valence-electron chi connectivity index (χ4n) is 2.42. The highest BCUT2D eigenvalue weighted by Crippen LogP contribution is 2.28. The van der Waals surface area contributed by atoms with Gasteiger partial charge in [-0.05, 0) is 31.4 Å². The Morgan fingerprint density at radius 1 is 1.06 bits per heavy atom. The van der Waals surface area contributed by atoms with Crippen molar-refractivity contribution in [1.29, 1.82) is 0 Å². The van der Waals surface area contributed by atoms with Gasteiger partial charge in [-0.25, -0.2) is 0 Å². The van der Waals surface area contributed by atoms with E-state index in [2.05, 4.69) is 9.30 Å². The van der Waals surface area contributed by atoms with Gasteiger partial charge in [0.15, 0.2) is 5.84 Å². The molecule has 3 rings (SSSR count). The summed E-state index contributed by atoms with van der Waals surface area (Å²) in [4.78, 5) is 2.44. The molecule has 0 amide bonds. The smallest absolute Gasteiger partial charge is 0.285 e. The summed E-state index contributed by atoms with van der Waals surface area (Å²) in [6.45, 7) is 1.81. The van der Waals surface area contributed by atoms with E-state index >= 15 is 0 Å². The van der Waals surface area contributed by atoms with E-state index in [1.165, 1.54) is 6.42 Å². The third kappa shape index (κ3) is 1.74. The normalized spacial score (nSPS) is 22.1. The largest absolute Gasteiger partial charge is 0.355 e. The molecular weight excluding hydrogens is 236 g/mol. The van der Waals surface area contributed by atoms with Crippen LogP contribution in [-0.2, 0) is 10.0 Å². The van der Waals surface area contributed by atoms with Gasteiger partial charge in [-0.2, -0.15) is 8.42 Å². The molecule has 0 bridgehead atoms. The first-order valence-corrected chi connectivity index (χ1v) is 7.32. The molecule has 0 radical (unpaired) electrons. The summed E-state index contributed by atoms with van der Waals surface area (Å²) >= 11 is 0. The number of likely N-dealkylation sites (tertiary alicyclic amines) is 1. The molecule has 1 aromatic rings. The number of nitrogens with zero attached hydrogens (tertiary/aromatic N) is 2. The summed E-state index contributed by atoms with van der Waals surface area (Å²) in [5.74, 6) is 0.639. The first-order valence-electron chi connectivity index (χ1n) is 5.88. The predicted molar refractivity (Wildman–Crippen MR) is 65.6 cm³/mol. The van der Waals surface area contributed by atoms with Crippen LogP contribution in [0.3, 0.4) is 0 Å². The number of piperidine rings is 1. The van der Waals surface area contributed by atoms with E-state index in [1.54, 1.807) is 12.1 Å². The zero-order chi connectivity index (χ0) is 11.9. The van der Waals surface area contributed by atoms with Crippen molar-refractivity contribution in [1.82, 2.24) is 4.90 Å². The highest BCUT2D eigenvalue weighted by Gasteiger charge is 2.31. The second-order valence-corrected chi connectivity index (χ2v) is 6.01. The van der Waals surface area contributed by atoms with Gasteiger partial charge < -0.3 is 4.90 Å². The Kier molecular flexibility index (Phi) is 2.43. The Bertz CT molecular complexity index is 572. The van der Waals surface area contributed by atoms with E-state index in [0.29, 0.717) is 10.7 Å². The first-order chi connectivity index (χ1) is 8.18. The molecule has 17 heavy (non-hydrogen) atoms. The molecule has 1 aromatic carbocycles. The Balaban J connectivity index is 2.07. The van der Waals surface area contributed by atoms with Gasteiger partial charge in [-0.15, -0.1) is 4.40 Å². The van der Waals surface area contributed by atoms with Crippen molar-refractivity contribution in [2.45, 2.75) is 24.2 Å². The monoisotopic (exact) mass is 250 g/mol. The van der Waals surface area contributed by atoms with Crippen LogP contribution >= 0.6 is 0 Å². The van der Waals surface area contributed by atoms with E-state index in [4.69, 9.17) is 0 Å². The maximum atomic E-state index is 11.9. The number of rotatable bonds is 0. The fourth-order valence-corrected chi connectivity index (χ4v) is 3.65. The molecule has 0 unspecified atom stereocenters. The zero-order valence-electron chi connectivity index (χ0n) is 9.46. The summed E-state index contributed by atoms with van der Waals surface area (Å²) in [6.07, 6.45) is 3.45. The summed E-state index contributed by atoms with van der Waals surface area (Å²) in [7, 11) is -3.46. The van der Waals surface area contributed by atoms with Crippen molar-refractivity contribution in [3.63, 3.8) is 0 Å². The number of hydrogen-bond acceptors (Lipinski definition) is 3. The van der Waals surface area contributed by atoms with E-state index in [-0.39, 0.29) is 0 Å². The predicted octanol–water partition coefficient (Wildman–Crippen LogP) is 1.62. The molecule has 0 N–H and O–H groups in total. The van der Waals surface area contributed by atoms with Gasteiger partial charge >= 0.3 is 0 Å². The Labute approximate surface area is 101 Å². The molecule has 1 saturated heterocycles. The maximum absolute atomic E-state index is 11.9. The van der Waals surface area contributed by atoms with Crippen LogP contribution in [0.5, 0.6) is 0 Å². The third-order valence-corrected chi connectivity index (χ3v) is 4.59. The van der Waals surface area contributed by atoms with Gasteiger partial charge in [0.25, 0.3) is 10.0 Å². The first kappa shape index (κ1) is 10.8. The van der Waals surface area contributed by atoms with E-state index in [1.807, 2.05) is 12.1 Å². The lowest BCUT2D eigenvalue weighted by Crippen LogP contribution is -2.35. The summed E-state index contributed by atoms with van der Waals surface area (Å²) in [5, 5.41) is 0. The average Bonchev–Trinajstić information content (AvgIpc) is 2.64. The average molecular weight is 250 g/mol. The molecular formula is C12H14N2O2S. The van der Waals surface area contributed by atoms with Crippen molar-refractivity contribution < 1.29 is 8.42 Å². The number of amidine groups is 1. The van der Waals surface area contributed by atoms with Crippen molar-refractivity contribution >= 4 is 15.9 Å². The Morgan fingerprint density at radius 3 is 2.53 bits per heavy atom. The number of hydrogen-bond donors (Lipinski definition) is 0. The van der Waals surface area contributed by atoms with Gasteiger partial charge in [0.2, 0.25) is 0 Å². The summed E-state index contributed by atoms with van der Waals surface area (Å²) in [6, 6.07) is 7.07. The van der Waals surface area contributed by atoms with E-state index in [0.717, 1.165) is 31.5 Å². The highest BCUT2D eigenvalue weighted by atomic mass is 32.2. The second-order valence-electron chi connectivity index (χ2n) is 4.43. The van der Waals surface area contributed by atoms with Gasteiger partial charge in [0, 0.05) is 18.7 Å². The second kappa shape index (κ2) is 3.84. The molecule has 0 aromatic heterocycles. The molecule has 0 saturated carbocycles. The highest BCUT2D eigenvalue weighted by molar-refractivity contribution is 7.90. The molecule has 2 aliphatic heterocycles. The van der Waals surface area contributed by atoms with Crippen LogP contribution < -0.4 is 0 Å². The molecule has 0 aliphatic carbocycles. The number of sulfonamides is 1. The van der Waals surface area contributed by atoms with Gasteiger partial charge in [0.1, 0.15) is 4.90 Å². The number of benzene rings is 1. The minimum atomic E-state index is -3.46. The lowest BCUT2D eigenvalue weighted by molar-refractivity contribution is 0.343. The van der Waals surface area contributed by atoms with Crippen LogP contribution in [0.4, 0.5) is 0 Å². The van der Waals surface area contributed by atoms with Crippen molar-refractivity contribution in [3.8, 4) is 0 Å². The number of fused-ring (bicyclic) bond motifs is 1. The van der Waals surface area contributed by atoms with Crippen LogP contribution in [0.25, 0.3) is 0 Å². The minimum absolute atomic E-state index is 0.348. The third-order valence-electron chi connectivity index (χ3n) is 3.27. The SMILES string of the molecule is O=S1(=O)N=C(N2CCCCC2)c2ccccc21. The van der Waals surface area contributed by atoms with Crippen molar-refractivity contribution in [3.05, 3.63) is 29.8 Å². The van der Waals surface area contributed by atoms with Gasteiger partial charge in [-0.3, -0.25) is 0 Å². The van der Waals surface area contributed by atoms with Crippen LogP contribution in [0.2, 0.25) is 0 Å². The lowest BCUT2D eigenvalue weighted by Gasteiger charge is -2.28. The topological polar surface area (TPSA) is 49.7 Å². The standard InChI is InChI=1S/C12H14N2O2S/c15-17(16)11-7-3-2-6-10(11)12(13-17)14-8-4-1-5-9-14/h2-3,6-7H,1,4-5,8-9H2. The van der Waals surface area contributed by atoms with Crippen LogP contribution in [0.15, 0.2) is 33.6 Å². The maximum Gasteiger partial charge on any atom is 0.285 e. The van der Waals surface area contributed by atoms with Crippen LogP contribution in [0, 0.1) is 0 Å². The minimum Gasteiger partial charge on any atom is -0.355 e. The molecule has 2 aliphatic rings. The summed E-state index contributed by atoms with van der Waals surface area (Å²) in [5.41, 5.74) is 0.759. The molecule has 0 spiro atoms. The Hall–Kier alpha value is -1.36. The Morgan fingerprint density at radius 2 is 1.76 bits per heavy atom. The van der Waals surface area contributed by atoms with E-state index in [9.17, 15) is 8.42 Å². The van der Waals surface area contributed by atoms with Crippen LogP contribution in [0.1, 0.15) is 24.8 Å². The molecule has 1 fully saturated rings. The van der Waals surface area contributed by atoms with Gasteiger partial charge in [-0.1, -0.05) is 12.1 Å². The molecule has 90 valence electrons. The molecule has 4 nitrogen and oxygen atoms in total. The molecule has 5 heteroatoms. The van der Waals surface area contributed by atoms with Crippen LogP contribution in [-0.4, -0.2) is 32.2 Å². The fraction of sp³-hybridized carbons (Fsp3) is 0.417. The summed E-state index contributed by atoms with van der Waals surface area (Å²) < 4.78 is 27.7. The van der Waals surface area contributed by atoms with Gasteiger partial charge in [0.05, 0.1) is 0 Å². The molecule has 0 atom stereocenters. The lowest BCUT2D eigenvalue weighted by atomic mass is 10.1. The van der Waals surface area contributed by atoms with Crippen molar-refractivity contribution in [2.24, 2.45) is 4.40 Å². The molecule has 2 heterocycles. The van der Waals surface area contributed by atoms with Crippen molar-refractivity contribution in [2.75, 3.05) is 13.1 Å². The zero-order valence-corrected chi connectivity index (χ0v) is 10.3.